The zero-order valence-corrected chi connectivity index (χ0v) is 6.27. The smallest absolute Gasteiger partial charge is 0.307 e. The number of carboxylic acids is 1. The van der Waals surface area contributed by atoms with E-state index in [1.807, 2.05) is 0 Å². The third-order valence-electron chi connectivity index (χ3n) is 0.906. The quantitative estimate of drug-likeness (QED) is 0.620. The van der Waals surface area contributed by atoms with E-state index in [9.17, 15) is 9.00 Å². The molecular formula is C5H10O3S. The van der Waals surface area contributed by atoms with Crippen molar-refractivity contribution in [2.75, 3.05) is 12.0 Å². The van der Waals surface area contributed by atoms with Gasteiger partial charge in [-0.15, -0.1) is 0 Å². The van der Waals surface area contributed by atoms with Gasteiger partial charge in [-0.25, -0.2) is 0 Å². The number of carbonyl (C=O) groups is 1. The van der Waals surface area contributed by atoms with Gasteiger partial charge < -0.3 is 5.11 Å². The highest BCUT2D eigenvalue weighted by molar-refractivity contribution is 7.84. The largest absolute Gasteiger partial charge is 0.481 e. The molecule has 54 valence electrons. The van der Waals surface area contributed by atoms with Crippen molar-refractivity contribution in [2.45, 2.75) is 6.92 Å². The Morgan fingerprint density at radius 3 is 2.33 bits per heavy atom. The molecule has 0 spiro atoms. The molecule has 0 unspecified atom stereocenters. The summed E-state index contributed by atoms with van der Waals surface area (Å²) < 4.78 is 10.4. The standard InChI is InChI=1S/C5H10O3S/c1-4(5(6)7)3-9(2)8/h4H,3H2,1-2H3,(H,6,7)/t4-,9-/m0/s1. The fourth-order valence-corrected chi connectivity index (χ4v) is 1.27. The van der Waals surface area contributed by atoms with Gasteiger partial charge in [0.15, 0.2) is 0 Å². The predicted octanol–water partition coefficient (Wildman–Crippen LogP) is 0.0856. The normalized spacial score (nSPS) is 16.7. The summed E-state index contributed by atoms with van der Waals surface area (Å²) in [6.07, 6.45) is 1.50. The molecule has 0 fully saturated rings. The third-order valence-corrected chi connectivity index (χ3v) is 1.88. The zero-order chi connectivity index (χ0) is 7.44. The van der Waals surface area contributed by atoms with Crippen LogP contribution in [0.25, 0.3) is 0 Å². The molecule has 0 heterocycles. The van der Waals surface area contributed by atoms with Gasteiger partial charge in [-0.1, -0.05) is 6.92 Å². The topological polar surface area (TPSA) is 54.4 Å². The summed E-state index contributed by atoms with van der Waals surface area (Å²) in [5.41, 5.74) is 0. The van der Waals surface area contributed by atoms with Gasteiger partial charge in [0.2, 0.25) is 0 Å². The van der Waals surface area contributed by atoms with Crippen LogP contribution in [0.4, 0.5) is 0 Å². The molecule has 0 rings (SSSR count). The lowest BCUT2D eigenvalue weighted by Gasteiger charge is -2.00. The van der Waals surface area contributed by atoms with Gasteiger partial charge >= 0.3 is 5.97 Å². The molecule has 0 aromatic heterocycles. The molecule has 0 saturated heterocycles. The first-order chi connectivity index (χ1) is 4.04. The van der Waals surface area contributed by atoms with Gasteiger partial charge in [0.25, 0.3) is 0 Å². The van der Waals surface area contributed by atoms with E-state index in [1.54, 1.807) is 6.92 Å². The van der Waals surface area contributed by atoms with Crippen LogP contribution in [0.2, 0.25) is 0 Å². The summed E-state index contributed by atoms with van der Waals surface area (Å²) in [4.78, 5) is 10.1. The maximum atomic E-state index is 10.4. The highest BCUT2D eigenvalue weighted by Gasteiger charge is 2.11. The molecule has 9 heavy (non-hydrogen) atoms. The Kier molecular flexibility index (Phi) is 3.46. The second-order valence-corrected chi connectivity index (χ2v) is 3.46. The lowest BCUT2D eigenvalue weighted by Crippen LogP contribution is -2.16. The number of rotatable bonds is 3. The second kappa shape index (κ2) is 3.61. The second-order valence-electron chi connectivity index (χ2n) is 1.98. The van der Waals surface area contributed by atoms with Crippen molar-refractivity contribution < 1.29 is 14.1 Å². The highest BCUT2D eigenvalue weighted by atomic mass is 32.2. The summed E-state index contributed by atoms with van der Waals surface area (Å²) in [5.74, 6) is -1.13. The van der Waals surface area contributed by atoms with Crippen LogP contribution < -0.4 is 0 Å². The summed E-state index contributed by atoms with van der Waals surface area (Å²) in [6.45, 7) is 1.55. The van der Waals surface area contributed by atoms with Crippen LogP contribution in [-0.2, 0) is 15.6 Å². The molecule has 0 aliphatic rings. The van der Waals surface area contributed by atoms with Crippen molar-refractivity contribution in [2.24, 2.45) is 5.92 Å². The van der Waals surface area contributed by atoms with Crippen LogP contribution in [0, 0.1) is 5.92 Å². The summed E-state index contributed by atoms with van der Waals surface area (Å²) >= 11 is 0. The van der Waals surface area contributed by atoms with Crippen LogP contribution in [0.3, 0.4) is 0 Å². The van der Waals surface area contributed by atoms with Crippen molar-refractivity contribution in [3.8, 4) is 0 Å². The molecule has 0 amide bonds. The van der Waals surface area contributed by atoms with E-state index in [0.717, 1.165) is 0 Å². The van der Waals surface area contributed by atoms with E-state index in [4.69, 9.17) is 5.11 Å². The van der Waals surface area contributed by atoms with Crippen molar-refractivity contribution in [1.29, 1.82) is 0 Å². The summed E-state index contributed by atoms with van der Waals surface area (Å²) in [7, 11) is -0.997. The predicted molar refractivity (Wildman–Crippen MR) is 35.7 cm³/mol. The van der Waals surface area contributed by atoms with Gasteiger partial charge in [-0.3, -0.25) is 9.00 Å². The first-order valence-electron chi connectivity index (χ1n) is 2.57. The third kappa shape index (κ3) is 4.14. The Hall–Kier alpha value is -0.380. The minimum absolute atomic E-state index is 0.245. The van der Waals surface area contributed by atoms with Gasteiger partial charge in [0.05, 0.1) is 5.92 Å². The average Bonchev–Trinajstić information content (AvgIpc) is 1.63. The Labute approximate surface area is 56.5 Å². The maximum Gasteiger partial charge on any atom is 0.307 e. The van der Waals surface area contributed by atoms with E-state index in [0.29, 0.717) is 0 Å². The first kappa shape index (κ1) is 8.62. The fraction of sp³-hybridized carbons (Fsp3) is 0.800. The van der Waals surface area contributed by atoms with Gasteiger partial charge in [-0.2, -0.15) is 0 Å². The summed E-state index contributed by atoms with van der Waals surface area (Å²) in [5, 5.41) is 8.30. The molecule has 0 radical (unpaired) electrons. The SMILES string of the molecule is C[C@@H](C[S@](C)=O)C(=O)O. The lowest BCUT2D eigenvalue weighted by molar-refractivity contribution is -0.140. The summed E-state index contributed by atoms with van der Waals surface area (Å²) in [6, 6.07) is 0. The lowest BCUT2D eigenvalue weighted by atomic mass is 10.2. The number of carboxylic acid groups (broad SMARTS) is 1. The maximum absolute atomic E-state index is 10.4. The Morgan fingerprint density at radius 2 is 2.22 bits per heavy atom. The van der Waals surface area contributed by atoms with E-state index in [2.05, 4.69) is 0 Å². The molecule has 0 bridgehead atoms. The average molecular weight is 150 g/mol. The van der Waals surface area contributed by atoms with Gasteiger partial charge in [-0.05, 0) is 0 Å². The van der Waals surface area contributed by atoms with Crippen molar-refractivity contribution >= 4 is 16.8 Å². The number of hydrogen-bond donors (Lipinski definition) is 1. The first-order valence-corrected chi connectivity index (χ1v) is 4.29. The monoisotopic (exact) mass is 150 g/mol. The Balaban J connectivity index is 3.63. The van der Waals surface area contributed by atoms with Crippen LogP contribution in [0.1, 0.15) is 6.92 Å². The van der Waals surface area contributed by atoms with Crippen LogP contribution in [0.15, 0.2) is 0 Å². The zero-order valence-electron chi connectivity index (χ0n) is 5.46. The fourth-order valence-electron chi connectivity index (χ4n) is 0.423. The van der Waals surface area contributed by atoms with Crippen LogP contribution in [0.5, 0.6) is 0 Å². The minimum Gasteiger partial charge on any atom is -0.481 e. The molecule has 0 aliphatic heterocycles. The van der Waals surface area contributed by atoms with Crippen molar-refractivity contribution in [3.05, 3.63) is 0 Å². The molecule has 2 atom stereocenters. The molecule has 0 saturated carbocycles. The van der Waals surface area contributed by atoms with E-state index < -0.39 is 22.7 Å². The molecule has 1 N–H and O–H groups in total. The van der Waals surface area contributed by atoms with Gasteiger partial charge in [0.1, 0.15) is 0 Å². The van der Waals surface area contributed by atoms with Crippen molar-refractivity contribution in [1.82, 2.24) is 0 Å². The molecule has 3 nitrogen and oxygen atoms in total. The van der Waals surface area contributed by atoms with Crippen molar-refractivity contribution in [3.63, 3.8) is 0 Å². The Morgan fingerprint density at radius 1 is 1.78 bits per heavy atom. The molecular weight excluding hydrogens is 140 g/mol. The van der Waals surface area contributed by atoms with E-state index in [1.165, 1.54) is 6.26 Å². The molecule has 0 aliphatic carbocycles. The Bertz CT molecular complexity index is 132. The molecule has 0 aromatic carbocycles. The molecule has 4 heteroatoms. The minimum atomic E-state index is -0.997. The van der Waals surface area contributed by atoms with Crippen LogP contribution >= 0.6 is 0 Å². The highest BCUT2D eigenvalue weighted by Crippen LogP contribution is 1.95. The molecule has 0 aromatic rings. The number of hydrogen-bond acceptors (Lipinski definition) is 2. The van der Waals surface area contributed by atoms with E-state index in [-0.39, 0.29) is 5.75 Å². The number of aliphatic carboxylic acids is 1. The van der Waals surface area contributed by atoms with E-state index >= 15 is 0 Å². The van der Waals surface area contributed by atoms with Crippen LogP contribution in [-0.4, -0.2) is 27.3 Å². The van der Waals surface area contributed by atoms with Gasteiger partial charge in [0, 0.05) is 22.8 Å².